The molecule has 1 amide bonds. The Bertz CT molecular complexity index is 971. The molecule has 4 rings (SSSR count). The Hall–Kier alpha value is -2.65. The van der Waals surface area contributed by atoms with Crippen LogP contribution >= 0.6 is 11.8 Å². The molecule has 0 aliphatic carbocycles. The maximum Gasteiger partial charge on any atom is 0.230 e. The molecule has 8 nitrogen and oxygen atoms in total. The Balaban J connectivity index is 1.44. The van der Waals surface area contributed by atoms with Crippen molar-refractivity contribution in [2.45, 2.75) is 24.1 Å². The maximum atomic E-state index is 12.1. The van der Waals surface area contributed by atoms with Crippen LogP contribution in [0.2, 0.25) is 0 Å². The Morgan fingerprint density at radius 2 is 2.29 bits per heavy atom. The summed E-state index contributed by atoms with van der Waals surface area (Å²) in [5, 5.41) is 16.4. The van der Waals surface area contributed by atoms with Crippen molar-refractivity contribution in [3.05, 3.63) is 36.4 Å². The lowest BCUT2D eigenvalue weighted by atomic mass is 10.1. The van der Waals surface area contributed by atoms with E-state index in [1.54, 1.807) is 11.6 Å². The molecular weight excluding hydrogens is 378 g/mol. The fourth-order valence-electron chi connectivity index (χ4n) is 3.01. The summed E-state index contributed by atoms with van der Waals surface area (Å²) in [5.74, 6) is 0.959. The molecule has 1 aliphatic heterocycles. The van der Waals surface area contributed by atoms with Gasteiger partial charge in [0.1, 0.15) is 5.75 Å². The van der Waals surface area contributed by atoms with E-state index in [1.807, 2.05) is 36.4 Å². The SMILES string of the molecule is COc1cccc(-c2ccc3nnc(SCC(=O)NCC4CCCO4)n3n2)c1. The molecule has 1 aromatic carbocycles. The average Bonchev–Trinajstić information content (AvgIpc) is 3.40. The summed E-state index contributed by atoms with van der Waals surface area (Å²) in [7, 11) is 1.63. The third kappa shape index (κ3) is 4.26. The first-order chi connectivity index (χ1) is 13.7. The summed E-state index contributed by atoms with van der Waals surface area (Å²) >= 11 is 1.31. The molecule has 146 valence electrons. The highest BCUT2D eigenvalue weighted by Crippen LogP contribution is 2.23. The molecule has 0 bridgehead atoms. The summed E-state index contributed by atoms with van der Waals surface area (Å²) in [6.45, 7) is 1.33. The lowest BCUT2D eigenvalue weighted by Gasteiger charge is -2.10. The fraction of sp³-hybridized carbons (Fsp3) is 0.368. The predicted molar refractivity (Wildman–Crippen MR) is 105 cm³/mol. The highest BCUT2D eigenvalue weighted by Gasteiger charge is 2.17. The number of rotatable bonds is 7. The van der Waals surface area contributed by atoms with E-state index in [9.17, 15) is 4.79 Å². The van der Waals surface area contributed by atoms with Gasteiger partial charge in [-0.2, -0.15) is 9.61 Å². The van der Waals surface area contributed by atoms with Gasteiger partial charge in [0, 0.05) is 18.7 Å². The third-order valence-corrected chi connectivity index (χ3v) is 5.40. The second-order valence-corrected chi connectivity index (χ2v) is 7.37. The minimum atomic E-state index is -0.0544. The molecule has 0 saturated carbocycles. The summed E-state index contributed by atoms with van der Waals surface area (Å²) in [6.07, 6.45) is 2.19. The van der Waals surface area contributed by atoms with Crippen molar-refractivity contribution in [2.75, 3.05) is 26.0 Å². The Kier molecular flexibility index (Phi) is 5.73. The monoisotopic (exact) mass is 399 g/mol. The molecule has 1 saturated heterocycles. The smallest absolute Gasteiger partial charge is 0.230 e. The van der Waals surface area contributed by atoms with Gasteiger partial charge in [-0.15, -0.1) is 10.2 Å². The fourth-order valence-corrected chi connectivity index (χ4v) is 3.73. The van der Waals surface area contributed by atoms with Crippen molar-refractivity contribution >= 4 is 23.3 Å². The zero-order valence-electron chi connectivity index (χ0n) is 15.5. The second-order valence-electron chi connectivity index (χ2n) is 6.43. The van der Waals surface area contributed by atoms with Crippen molar-refractivity contribution in [3.8, 4) is 17.0 Å². The molecule has 0 spiro atoms. The number of thioether (sulfide) groups is 1. The molecule has 1 N–H and O–H groups in total. The van der Waals surface area contributed by atoms with Crippen LogP contribution in [0.15, 0.2) is 41.6 Å². The minimum Gasteiger partial charge on any atom is -0.497 e. The van der Waals surface area contributed by atoms with Crippen LogP contribution in [-0.2, 0) is 9.53 Å². The van der Waals surface area contributed by atoms with Gasteiger partial charge in [-0.05, 0) is 37.1 Å². The zero-order valence-corrected chi connectivity index (χ0v) is 16.3. The Morgan fingerprint density at radius 3 is 3.11 bits per heavy atom. The quantitative estimate of drug-likeness (QED) is 0.609. The number of benzene rings is 1. The number of hydrogen-bond donors (Lipinski definition) is 1. The van der Waals surface area contributed by atoms with Crippen molar-refractivity contribution in [1.82, 2.24) is 25.1 Å². The first kappa shape index (κ1) is 18.7. The largest absolute Gasteiger partial charge is 0.497 e. The number of carbonyl (C=O) groups is 1. The number of amides is 1. The summed E-state index contributed by atoms with van der Waals surface area (Å²) < 4.78 is 12.5. The highest BCUT2D eigenvalue weighted by atomic mass is 32.2. The summed E-state index contributed by atoms with van der Waals surface area (Å²) in [4.78, 5) is 12.1. The van der Waals surface area contributed by atoms with E-state index < -0.39 is 0 Å². The van der Waals surface area contributed by atoms with Crippen molar-refractivity contribution in [2.24, 2.45) is 0 Å². The number of fused-ring (bicyclic) bond motifs is 1. The topological polar surface area (TPSA) is 90.6 Å². The Morgan fingerprint density at radius 1 is 1.36 bits per heavy atom. The molecule has 9 heteroatoms. The maximum absolute atomic E-state index is 12.1. The Labute approximate surface area is 166 Å². The number of hydrogen-bond acceptors (Lipinski definition) is 7. The van der Waals surface area contributed by atoms with Crippen molar-refractivity contribution in [1.29, 1.82) is 0 Å². The van der Waals surface area contributed by atoms with Crippen LogP contribution in [0, 0.1) is 0 Å². The van der Waals surface area contributed by atoms with E-state index in [0.29, 0.717) is 17.3 Å². The van der Waals surface area contributed by atoms with Gasteiger partial charge in [0.25, 0.3) is 0 Å². The second kappa shape index (κ2) is 8.57. The van der Waals surface area contributed by atoms with Gasteiger partial charge in [0.05, 0.1) is 24.7 Å². The van der Waals surface area contributed by atoms with Crippen LogP contribution < -0.4 is 10.1 Å². The number of carbonyl (C=O) groups excluding carboxylic acids is 1. The molecule has 1 fully saturated rings. The number of ether oxygens (including phenoxy) is 2. The van der Waals surface area contributed by atoms with Crippen molar-refractivity contribution in [3.63, 3.8) is 0 Å². The van der Waals surface area contributed by atoms with E-state index in [1.165, 1.54) is 11.8 Å². The van der Waals surface area contributed by atoms with Gasteiger partial charge in [-0.1, -0.05) is 23.9 Å². The zero-order chi connectivity index (χ0) is 19.3. The molecular formula is C19H21N5O3S. The summed E-state index contributed by atoms with van der Waals surface area (Å²) in [6, 6.07) is 11.4. The average molecular weight is 399 g/mol. The van der Waals surface area contributed by atoms with Gasteiger partial charge >= 0.3 is 0 Å². The normalized spacial score (nSPS) is 16.4. The number of methoxy groups -OCH3 is 1. The van der Waals surface area contributed by atoms with Gasteiger partial charge in [-0.25, -0.2) is 0 Å². The van der Waals surface area contributed by atoms with E-state index >= 15 is 0 Å². The molecule has 1 atom stereocenters. The van der Waals surface area contributed by atoms with E-state index in [0.717, 1.165) is 36.5 Å². The van der Waals surface area contributed by atoms with Gasteiger partial charge < -0.3 is 14.8 Å². The van der Waals surface area contributed by atoms with Crippen LogP contribution in [0.1, 0.15) is 12.8 Å². The first-order valence-electron chi connectivity index (χ1n) is 9.11. The van der Waals surface area contributed by atoms with E-state index in [2.05, 4.69) is 20.6 Å². The van der Waals surface area contributed by atoms with Crippen LogP contribution in [0.3, 0.4) is 0 Å². The number of nitrogens with one attached hydrogen (secondary N) is 1. The predicted octanol–water partition coefficient (Wildman–Crippen LogP) is 2.19. The van der Waals surface area contributed by atoms with Crippen molar-refractivity contribution < 1.29 is 14.3 Å². The van der Waals surface area contributed by atoms with Crippen LogP contribution in [-0.4, -0.2) is 57.8 Å². The van der Waals surface area contributed by atoms with Gasteiger partial charge in [-0.3, -0.25) is 4.79 Å². The third-order valence-electron chi connectivity index (χ3n) is 4.48. The van der Waals surface area contributed by atoms with Gasteiger partial charge in [0.2, 0.25) is 11.1 Å². The molecule has 0 radical (unpaired) electrons. The molecule has 3 heterocycles. The number of aromatic nitrogens is 4. The molecule has 1 unspecified atom stereocenters. The van der Waals surface area contributed by atoms with Crippen LogP contribution in [0.25, 0.3) is 16.9 Å². The molecule has 3 aromatic rings. The molecule has 28 heavy (non-hydrogen) atoms. The molecule has 2 aromatic heterocycles. The lowest BCUT2D eigenvalue weighted by Crippen LogP contribution is -2.32. The van der Waals surface area contributed by atoms with E-state index in [4.69, 9.17) is 9.47 Å². The van der Waals surface area contributed by atoms with Crippen LogP contribution in [0.4, 0.5) is 0 Å². The minimum absolute atomic E-state index is 0.0544. The molecule has 1 aliphatic rings. The summed E-state index contributed by atoms with van der Waals surface area (Å²) in [5.41, 5.74) is 2.34. The number of nitrogens with zero attached hydrogens (tertiary/aromatic N) is 4. The lowest BCUT2D eigenvalue weighted by molar-refractivity contribution is -0.119. The van der Waals surface area contributed by atoms with Crippen LogP contribution in [0.5, 0.6) is 5.75 Å². The first-order valence-corrected chi connectivity index (χ1v) is 10.1. The van der Waals surface area contributed by atoms with E-state index in [-0.39, 0.29) is 17.8 Å². The standard InChI is InChI=1S/C19H21N5O3S/c1-26-14-5-2-4-13(10-14)16-7-8-17-21-22-19(24(17)23-16)28-12-18(25)20-11-15-6-3-9-27-15/h2,4-5,7-8,10,15H,3,6,9,11-12H2,1H3,(H,20,25). The highest BCUT2D eigenvalue weighted by molar-refractivity contribution is 7.99. The van der Waals surface area contributed by atoms with Gasteiger partial charge in [0.15, 0.2) is 5.65 Å².